The second-order valence-electron chi connectivity index (χ2n) is 5.45. The average Bonchev–Trinajstić information content (AvgIpc) is 2.64. The van der Waals surface area contributed by atoms with Gasteiger partial charge in [0.1, 0.15) is 18.1 Å². The number of ether oxygens (including phenoxy) is 2. The number of hydrogen-bond acceptors (Lipinski definition) is 4. The molecule has 25 heavy (non-hydrogen) atoms. The summed E-state index contributed by atoms with van der Waals surface area (Å²) < 4.78 is 10.5. The van der Waals surface area contributed by atoms with Crippen molar-refractivity contribution in [1.29, 1.82) is 0 Å². The van der Waals surface area contributed by atoms with E-state index >= 15 is 0 Å². The van der Waals surface area contributed by atoms with Crippen molar-refractivity contribution in [2.24, 2.45) is 0 Å². The molecule has 0 spiro atoms. The summed E-state index contributed by atoms with van der Waals surface area (Å²) in [5.41, 5.74) is 2.08. The fourth-order valence-electron chi connectivity index (χ4n) is 2.05. The number of benzene rings is 2. The molecule has 0 saturated carbocycles. The lowest BCUT2D eigenvalue weighted by Crippen LogP contribution is -2.41. The molecule has 0 aliphatic rings. The van der Waals surface area contributed by atoms with Gasteiger partial charge in [-0.3, -0.25) is 9.59 Å². The Bertz CT molecular complexity index is 696. The third-order valence-electron chi connectivity index (χ3n) is 3.50. The smallest absolute Gasteiger partial charge is 0.309 e. The Hall–Kier alpha value is -3.02. The molecule has 0 aliphatic heterocycles. The monoisotopic (exact) mass is 342 g/mol. The van der Waals surface area contributed by atoms with Gasteiger partial charge in [-0.25, -0.2) is 0 Å². The minimum atomic E-state index is -0.676. The molecular weight excluding hydrogens is 320 g/mol. The van der Waals surface area contributed by atoms with E-state index in [2.05, 4.69) is 10.6 Å². The highest BCUT2D eigenvalue weighted by Gasteiger charge is 2.12. The number of aryl methyl sites for hydroxylation is 1. The van der Waals surface area contributed by atoms with Crippen molar-refractivity contribution in [3.63, 3.8) is 0 Å². The number of hydrogen-bond donors (Lipinski definition) is 2. The van der Waals surface area contributed by atoms with Gasteiger partial charge in [0.2, 0.25) is 0 Å². The van der Waals surface area contributed by atoms with Gasteiger partial charge in [-0.2, -0.15) is 0 Å². The van der Waals surface area contributed by atoms with Crippen LogP contribution < -0.4 is 20.1 Å². The minimum absolute atomic E-state index is 0.239. The SMILES string of the molecule is COc1ccc(OCCNC(=O)C(=O)NCc2ccc(C)cc2)cc1. The molecule has 0 saturated heterocycles. The topological polar surface area (TPSA) is 76.7 Å². The van der Waals surface area contributed by atoms with Crippen molar-refractivity contribution in [3.8, 4) is 11.5 Å². The summed E-state index contributed by atoms with van der Waals surface area (Å²) in [6, 6.07) is 14.9. The third-order valence-corrected chi connectivity index (χ3v) is 3.50. The lowest BCUT2D eigenvalue weighted by Gasteiger charge is -2.09. The fraction of sp³-hybridized carbons (Fsp3) is 0.263. The summed E-state index contributed by atoms with van der Waals surface area (Å²) in [6.45, 7) is 2.81. The summed E-state index contributed by atoms with van der Waals surface area (Å²) in [5, 5.41) is 5.10. The van der Waals surface area contributed by atoms with Crippen LogP contribution in [0.1, 0.15) is 11.1 Å². The van der Waals surface area contributed by atoms with Gasteiger partial charge in [0.25, 0.3) is 0 Å². The van der Waals surface area contributed by atoms with Gasteiger partial charge in [0.05, 0.1) is 13.7 Å². The first-order chi connectivity index (χ1) is 12.1. The van der Waals surface area contributed by atoms with Crippen molar-refractivity contribution in [3.05, 3.63) is 59.7 Å². The Morgan fingerprint density at radius 1 is 0.880 bits per heavy atom. The largest absolute Gasteiger partial charge is 0.497 e. The first-order valence-corrected chi connectivity index (χ1v) is 7.97. The summed E-state index contributed by atoms with van der Waals surface area (Å²) in [6.07, 6.45) is 0. The Morgan fingerprint density at radius 2 is 1.48 bits per heavy atom. The highest BCUT2D eigenvalue weighted by atomic mass is 16.5. The number of methoxy groups -OCH3 is 1. The fourth-order valence-corrected chi connectivity index (χ4v) is 2.05. The predicted molar refractivity (Wildman–Crippen MR) is 94.5 cm³/mol. The van der Waals surface area contributed by atoms with Crippen LogP contribution in [-0.4, -0.2) is 32.1 Å². The van der Waals surface area contributed by atoms with Gasteiger partial charge in [0.15, 0.2) is 0 Å². The number of rotatable bonds is 7. The molecule has 0 bridgehead atoms. The molecule has 0 aliphatic carbocycles. The van der Waals surface area contributed by atoms with Gasteiger partial charge in [-0.05, 0) is 36.8 Å². The van der Waals surface area contributed by atoms with Crippen molar-refractivity contribution in [1.82, 2.24) is 10.6 Å². The zero-order valence-corrected chi connectivity index (χ0v) is 14.4. The predicted octanol–water partition coefficient (Wildman–Crippen LogP) is 1.82. The van der Waals surface area contributed by atoms with Crippen LogP contribution in [0, 0.1) is 6.92 Å². The Kier molecular flexibility index (Phi) is 6.83. The van der Waals surface area contributed by atoms with Crippen molar-refractivity contribution in [2.75, 3.05) is 20.3 Å². The molecule has 2 aromatic carbocycles. The first-order valence-electron chi connectivity index (χ1n) is 7.97. The molecule has 0 radical (unpaired) electrons. The lowest BCUT2D eigenvalue weighted by atomic mass is 10.1. The highest BCUT2D eigenvalue weighted by Crippen LogP contribution is 2.16. The van der Waals surface area contributed by atoms with Crippen LogP contribution in [-0.2, 0) is 16.1 Å². The van der Waals surface area contributed by atoms with E-state index in [0.717, 1.165) is 16.9 Å². The second kappa shape index (κ2) is 9.32. The molecule has 2 amide bonds. The number of carbonyl (C=O) groups excluding carboxylic acids is 2. The van der Waals surface area contributed by atoms with E-state index in [-0.39, 0.29) is 13.2 Å². The lowest BCUT2D eigenvalue weighted by molar-refractivity contribution is -0.139. The van der Waals surface area contributed by atoms with E-state index in [1.54, 1.807) is 31.4 Å². The Morgan fingerprint density at radius 3 is 2.12 bits per heavy atom. The third kappa shape index (κ3) is 6.18. The van der Waals surface area contributed by atoms with Crippen molar-refractivity contribution >= 4 is 11.8 Å². The number of carbonyl (C=O) groups is 2. The van der Waals surface area contributed by atoms with Crippen LogP contribution >= 0.6 is 0 Å². The van der Waals surface area contributed by atoms with Crippen LogP contribution in [0.25, 0.3) is 0 Å². The molecule has 0 atom stereocenters. The molecule has 2 aromatic rings. The summed E-state index contributed by atoms with van der Waals surface area (Å²) in [7, 11) is 1.59. The maximum atomic E-state index is 11.7. The van der Waals surface area contributed by atoms with E-state index < -0.39 is 11.8 Å². The quantitative estimate of drug-likeness (QED) is 0.594. The van der Waals surface area contributed by atoms with E-state index in [4.69, 9.17) is 9.47 Å². The van der Waals surface area contributed by atoms with Crippen molar-refractivity contribution < 1.29 is 19.1 Å². The zero-order chi connectivity index (χ0) is 18.1. The van der Waals surface area contributed by atoms with Gasteiger partial charge < -0.3 is 20.1 Å². The van der Waals surface area contributed by atoms with Gasteiger partial charge in [0, 0.05) is 6.54 Å². The van der Waals surface area contributed by atoms with Crippen LogP contribution in [0.3, 0.4) is 0 Å². The van der Waals surface area contributed by atoms with Crippen LogP contribution in [0.4, 0.5) is 0 Å². The molecular formula is C19H22N2O4. The minimum Gasteiger partial charge on any atom is -0.497 e. The van der Waals surface area contributed by atoms with E-state index in [1.165, 1.54) is 0 Å². The molecule has 2 N–H and O–H groups in total. The number of nitrogens with one attached hydrogen (secondary N) is 2. The maximum absolute atomic E-state index is 11.7. The Balaban J connectivity index is 1.65. The van der Waals surface area contributed by atoms with Crippen LogP contribution in [0.15, 0.2) is 48.5 Å². The molecule has 0 heterocycles. The molecule has 6 nitrogen and oxygen atoms in total. The molecule has 2 rings (SSSR count). The van der Waals surface area contributed by atoms with E-state index in [0.29, 0.717) is 12.3 Å². The molecule has 132 valence electrons. The van der Waals surface area contributed by atoms with Gasteiger partial charge in [-0.15, -0.1) is 0 Å². The molecule has 0 fully saturated rings. The standard InChI is InChI=1S/C19H22N2O4/c1-14-3-5-15(6-4-14)13-21-19(23)18(22)20-11-12-25-17-9-7-16(24-2)8-10-17/h3-10H,11-13H2,1-2H3,(H,20,22)(H,21,23). The van der Waals surface area contributed by atoms with Crippen LogP contribution in [0.2, 0.25) is 0 Å². The maximum Gasteiger partial charge on any atom is 0.309 e. The second-order valence-corrected chi connectivity index (χ2v) is 5.45. The zero-order valence-electron chi connectivity index (χ0n) is 14.4. The first kappa shape index (κ1) is 18.3. The van der Waals surface area contributed by atoms with Gasteiger partial charge in [-0.1, -0.05) is 29.8 Å². The molecule has 0 aromatic heterocycles. The van der Waals surface area contributed by atoms with Crippen molar-refractivity contribution in [2.45, 2.75) is 13.5 Å². The number of amides is 2. The van der Waals surface area contributed by atoms with Gasteiger partial charge >= 0.3 is 11.8 Å². The normalized spacial score (nSPS) is 10.0. The van der Waals surface area contributed by atoms with Crippen LogP contribution in [0.5, 0.6) is 11.5 Å². The summed E-state index contributed by atoms with van der Waals surface area (Å²) in [4.78, 5) is 23.5. The summed E-state index contributed by atoms with van der Waals surface area (Å²) >= 11 is 0. The highest BCUT2D eigenvalue weighted by molar-refractivity contribution is 6.35. The Labute approximate surface area is 147 Å². The average molecular weight is 342 g/mol. The van der Waals surface area contributed by atoms with E-state index in [1.807, 2.05) is 31.2 Å². The summed E-state index contributed by atoms with van der Waals surface area (Å²) in [5.74, 6) is 0.0697. The van der Waals surface area contributed by atoms with E-state index in [9.17, 15) is 9.59 Å². The molecule has 6 heteroatoms. The molecule has 0 unspecified atom stereocenters.